The molecule has 0 aliphatic heterocycles. The first-order valence-corrected chi connectivity index (χ1v) is 4.00. The Bertz CT molecular complexity index is 378. The number of hydrogen-bond donors (Lipinski definition) is 0. The molecule has 0 N–H and O–H groups in total. The van der Waals surface area contributed by atoms with E-state index < -0.39 is 27.6 Å². The van der Waals surface area contributed by atoms with Gasteiger partial charge in [0, 0.05) is 12.4 Å². The van der Waals surface area contributed by atoms with Gasteiger partial charge in [-0.25, -0.2) is 0 Å². The van der Waals surface area contributed by atoms with E-state index in [0.29, 0.717) is 6.20 Å². The van der Waals surface area contributed by atoms with Crippen LogP contribution in [-0.2, 0) is 6.18 Å². The first kappa shape index (κ1) is 11.3. The van der Waals surface area contributed by atoms with Crippen LogP contribution in [0.5, 0.6) is 0 Å². The smallest absolute Gasteiger partial charge is 0.276 e. The van der Waals surface area contributed by atoms with Gasteiger partial charge in [-0.3, -0.25) is 9.78 Å². The van der Waals surface area contributed by atoms with Crippen molar-refractivity contribution in [2.24, 2.45) is 0 Å². The van der Waals surface area contributed by atoms with Gasteiger partial charge < -0.3 is 0 Å². The van der Waals surface area contributed by atoms with E-state index in [9.17, 15) is 18.0 Å². The van der Waals surface area contributed by atoms with Crippen molar-refractivity contribution in [2.75, 3.05) is 0 Å². The molecule has 1 aromatic heterocycles. The first-order valence-electron chi connectivity index (χ1n) is 3.24. The lowest BCUT2D eigenvalue weighted by Crippen LogP contribution is -2.12. The summed E-state index contributed by atoms with van der Waals surface area (Å²) in [6, 6.07) is 0. The van der Waals surface area contributed by atoms with Gasteiger partial charge >= 0.3 is 6.18 Å². The topological polar surface area (TPSA) is 30.0 Å². The minimum atomic E-state index is -4.70. The SMILES string of the molecule is O=C(Cl)c1c(Cl)cncc1C(F)(F)F. The van der Waals surface area contributed by atoms with E-state index in [2.05, 4.69) is 4.98 Å². The van der Waals surface area contributed by atoms with Gasteiger partial charge in [-0.05, 0) is 11.6 Å². The van der Waals surface area contributed by atoms with Crippen LogP contribution >= 0.6 is 23.2 Å². The highest BCUT2D eigenvalue weighted by Gasteiger charge is 2.36. The molecule has 0 atom stereocenters. The van der Waals surface area contributed by atoms with Crippen molar-refractivity contribution in [3.63, 3.8) is 0 Å². The molecule has 0 aromatic carbocycles. The minimum absolute atomic E-state index is 0.417. The average molecular weight is 244 g/mol. The Morgan fingerprint density at radius 2 is 1.93 bits per heavy atom. The molecule has 1 rings (SSSR count). The monoisotopic (exact) mass is 243 g/mol. The van der Waals surface area contributed by atoms with Gasteiger partial charge in [0.2, 0.25) is 0 Å². The van der Waals surface area contributed by atoms with Gasteiger partial charge in [0.15, 0.2) is 0 Å². The summed E-state index contributed by atoms with van der Waals surface area (Å²) < 4.78 is 36.8. The molecule has 7 heteroatoms. The molecule has 0 aliphatic carbocycles. The number of halogens is 5. The standard InChI is InChI=1S/C7H2Cl2F3NO/c8-4-2-13-1-3(7(10,11)12)5(4)6(9)14/h1-2H. The molecular formula is C7H2Cl2F3NO. The number of nitrogens with zero attached hydrogens (tertiary/aromatic N) is 1. The fourth-order valence-corrected chi connectivity index (χ4v) is 1.35. The fraction of sp³-hybridized carbons (Fsp3) is 0.143. The Morgan fingerprint density at radius 1 is 1.36 bits per heavy atom. The predicted octanol–water partition coefficient (Wildman–Crippen LogP) is 3.13. The fourth-order valence-electron chi connectivity index (χ4n) is 0.850. The van der Waals surface area contributed by atoms with Crippen LogP contribution in [0.4, 0.5) is 13.2 Å². The highest BCUT2D eigenvalue weighted by molar-refractivity contribution is 6.69. The third-order valence-electron chi connectivity index (χ3n) is 1.40. The molecule has 0 spiro atoms. The van der Waals surface area contributed by atoms with Crippen molar-refractivity contribution in [3.8, 4) is 0 Å². The number of alkyl halides is 3. The quantitative estimate of drug-likeness (QED) is 0.710. The molecule has 0 saturated heterocycles. The van der Waals surface area contributed by atoms with E-state index in [1.165, 1.54) is 0 Å². The van der Waals surface area contributed by atoms with E-state index in [4.69, 9.17) is 23.2 Å². The van der Waals surface area contributed by atoms with Crippen LogP contribution in [0.3, 0.4) is 0 Å². The summed E-state index contributed by atoms with van der Waals surface area (Å²) in [5, 5.41) is -1.68. The zero-order valence-electron chi connectivity index (χ0n) is 6.40. The van der Waals surface area contributed by atoms with E-state index in [0.717, 1.165) is 6.20 Å². The van der Waals surface area contributed by atoms with Crippen LogP contribution in [0.15, 0.2) is 12.4 Å². The zero-order chi connectivity index (χ0) is 10.9. The maximum absolute atomic E-state index is 12.3. The van der Waals surface area contributed by atoms with Gasteiger partial charge in [0.25, 0.3) is 5.24 Å². The summed E-state index contributed by atoms with van der Waals surface area (Å²) in [5.74, 6) is 0. The number of aromatic nitrogens is 1. The molecule has 0 amide bonds. The van der Waals surface area contributed by atoms with Crippen molar-refractivity contribution in [3.05, 3.63) is 28.5 Å². The van der Waals surface area contributed by atoms with Crippen molar-refractivity contribution < 1.29 is 18.0 Å². The number of carbonyl (C=O) groups is 1. The van der Waals surface area contributed by atoms with Gasteiger partial charge in [0.05, 0.1) is 16.1 Å². The Kier molecular flexibility index (Phi) is 3.01. The van der Waals surface area contributed by atoms with Crippen molar-refractivity contribution in [1.29, 1.82) is 0 Å². The third-order valence-corrected chi connectivity index (χ3v) is 1.88. The maximum Gasteiger partial charge on any atom is 0.418 e. The summed E-state index contributed by atoms with van der Waals surface area (Å²) in [6.45, 7) is 0. The average Bonchev–Trinajstić information content (AvgIpc) is 2.01. The molecule has 2 nitrogen and oxygen atoms in total. The summed E-state index contributed by atoms with van der Waals surface area (Å²) in [5.41, 5.74) is -2.00. The van der Waals surface area contributed by atoms with Gasteiger partial charge in [-0.15, -0.1) is 0 Å². The van der Waals surface area contributed by atoms with Crippen LogP contribution in [0.25, 0.3) is 0 Å². The van der Waals surface area contributed by atoms with E-state index in [1.54, 1.807) is 0 Å². The zero-order valence-corrected chi connectivity index (χ0v) is 7.91. The van der Waals surface area contributed by atoms with Crippen molar-refractivity contribution >= 4 is 28.4 Å². The Balaban J connectivity index is 3.44. The lowest BCUT2D eigenvalue weighted by molar-refractivity contribution is -0.138. The van der Waals surface area contributed by atoms with Crippen LogP contribution in [-0.4, -0.2) is 10.2 Å². The summed E-state index contributed by atoms with van der Waals surface area (Å²) in [6.07, 6.45) is -3.27. The Hall–Kier alpha value is -0.810. The number of pyridine rings is 1. The maximum atomic E-state index is 12.3. The second-order valence-corrected chi connectivity index (χ2v) is 3.07. The molecule has 0 radical (unpaired) electrons. The van der Waals surface area contributed by atoms with Crippen molar-refractivity contribution in [1.82, 2.24) is 4.98 Å². The lowest BCUT2D eigenvalue weighted by Gasteiger charge is -2.09. The van der Waals surface area contributed by atoms with Crippen LogP contribution in [0.1, 0.15) is 15.9 Å². The number of rotatable bonds is 1. The van der Waals surface area contributed by atoms with Gasteiger partial charge in [-0.1, -0.05) is 11.6 Å². The molecule has 1 aromatic rings. The molecule has 76 valence electrons. The highest BCUT2D eigenvalue weighted by Crippen LogP contribution is 2.34. The van der Waals surface area contributed by atoms with Gasteiger partial charge in [0.1, 0.15) is 0 Å². The van der Waals surface area contributed by atoms with Gasteiger partial charge in [-0.2, -0.15) is 13.2 Å². The molecule has 0 aliphatic rings. The summed E-state index contributed by atoms with van der Waals surface area (Å²) in [7, 11) is 0. The normalized spacial score (nSPS) is 11.5. The van der Waals surface area contributed by atoms with E-state index >= 15 is 0 Å². The second-order valence-electron chi connectivity index (χ2n) is 2.32. The molecule has 0 saturated carbocycles. The van der Waals surface area contributed by atoms with Crippen LogP contribution in [0, 0.1) is 0 Å². The van der Waals surface area contributed by atoms with Crippen LogP contribution in [0.2, 0.25) is 5.02 Å². The number of carbonyl (C=O) groups excluding carboxylic acids is 1. The Morgan fingerprint density at radius 3 is 2.29 bits per heavy atom. The molecule has 0 bridgehead atoms. The lowest BCUT2D eigenvalue weighted by atomic mass is 10.1. The van der Waals surface area contributed by atoms with E-state index in [1.807, 2.05) is 0 Å². The molecular weight excluding hydrogens is 242 g/mol. The number of hydrogen-bond acceptors (Lipinski definition) is 2. The van der Waals surface area contributed by atoms with Crippen molar-refractivity contribution in [2.45, 2.75) is 6.18 Å². The minimum Gasteiger partial charge on any atom is -0.276 e. The second kappa shape index (κ2) is 3.74. The molecule has 1 heterocycles. The van der Waals surface area contributed by atoms with Crippen LogP contribution < -0.4 is 0 Å². The highest BCUT2D eigenvalue weighted by atomic mass is 35.5. The molecule has 0 fully saturated rings. The Labute approximate surface area is 86.6 Å². The summed E-state index contributed by atoms with van der Waals surface area (Å²) >= 11 is 10.3. The van der Waals surface area contributed by atoms with E-state index in [-0.39, 0.29) is 0 Å². The molecule has 0 unspecified atom stereocenters. The first-order chi connectivity index (χ1) is 6.34. The molecule has 14 heavy (non-hydrogen) atoms. The summed E-state index contributed by atoms with van der Waals surface area (Å²) in [4.78, 5) is 13.9. The third kappa shape index (κ3) is 2.16. The predicted molar refractivity (Wildman–Crippen MR) is 44.4 cm³/mol. The largest absolute Gasteiger partial charge is 0.418 e.